The number of carbonyl (C=O) groups is 1. The standard InChI is InChI=1S/C11H9Cl2FO5S/c12-8-4-9(14)7(3-10(8)20(13,16)17)11(15)19-6-1-2-18-5-6/h3-4,6H,1-2,5H2. The molecule has 0 bridgehead atoms. The summed E-state index contributed by atoms with van der Waals surface area (Å²) in [5.74, 6) is -1.97. The van der Waals surface area contributed by atoms with Crippen LogP contribution in [0.5, 0.6) is 0 Å². The summed E-state index contributed by atoms with van der Waals surface area (Å²) in [6.45, 7) is 0.671. The Labute approximate surface area is 124 Å². The van der Waals surface area contributed by atoms with Gasteiger partial charge in [0.1, 0.15) is 16.8 Å². The van der Waals surface area contributed by atoms with Crippen molar-refractivity contribution in [3.05, 3.63) is 28.5 Å². The molecular weight excluding hydrogens is 334 g/mol. The van der Waals surface area contributed by atoms with Gasteiger partial charge in [-0.15, -0.1) is 0 Å². The summed E-state index contributed by atoms with van der Waals surface area (Å²) in [5, 5.41) is -0.404. The van der Waals surface area contributed by atoms with Gasteiger partial charge in [-0.05, 0) is 12.1 Å². The first-order valence-corrected chi connectivity index (χ1v) is 8.20. The summed E-state index contributed by atoms with van der Waals surface area (Å²) >= 11 is 5.59. The minimum Gasteiger partial charge on any atom is -0.456 e. The van der Waals surface area contributed by atoms with Crippen LogP contribution < -0.4 is 0 Å². The topological polar surface area (TPSA) is 69.7 Å². The van der Waals surface area contributed by atoms with Crippen molar-refractivity contribution in [3.63, 3.8) is 0 Å². The number of halogens is 3. The van der Waals surface area contributed by atoms with E-state index in [0.29, 0.717) is 19.1 Å². The first kappa shape index (κ1) is 15.5. The molecule has 1 heterocycles. The van der Waals surface area contributed by atoms with Crippen LogP contribution in [-0.4, -0.2) is 33.7 Å². The van der Waals surface area contributed by atoms with E-state index in [1.54, 1.807) is 0 Å². The van der Waals surface area contributed by atoms with Crippen molar-refractivity contribution in [1.82, 2.24) is 0 Å². The molecule has 0 spiro atoms. The fourth-order valence-electron chi connectivity index (χ4n) is 1.69. The molecule has 0 N–H and O–H groups in total. The van der Waals surface area contributed by atoms with E-state index >= 15 is 0 Å². The number of ether oxygens (including phenoxy) is 2. The lowest BCUT2D eigenvalue weighted by Gasteiger charge is -2.11. The zero-order chi connectivity index (χ0) is 14.9. The van der Waals surface area contributed by atoms with Crippen molar-refractivity contribution >= 4 is 37.3 Å². The van der Waals surface area contributed by atoms with E-state index in [9.17, 15) is 17.6 Å². The highest BCUT2D eigenvalue weighted by Gasteiger charge is 2.26. The third-order valence-electron chi connectivity index (χ3n) is 2.67. The van der Waals surface area contributed by atoms with Crippen LogP contribution in [0.15, 0.2) is 17.0 Å². The second kappa shape index (κ2) is 5.85. The SMILES string of the molecule is O=C(OC1CCOC1)c1cc(S(=O)(=O)Cl)c(Cl)cc1F. The van der Waals surface area contributed by atoms with E-state index in [2.05, 4.69) is 0 Å². The fourth-order valence-corrected chi connectivity index (χ4v) is 3.20. The molecule has 0 saturated carbocycles. The molecule has 110 valence electrons. The van der Waals surface area contributed by atoms with Gasteiger partial charge in [-0.1, -0.05) is 11.6 Å². The highest BCUT2D eigenvalue weighted by Crippen LogP contribution is 2.28. The predicted octanol–water partition coefficient (Wildman–Crippen LogP) is 2.35. The van der Waals surface area contributed by atoms with E-state index in [4.69, 9.17) is 31.8 Å². The predicted molar refractivity (Wildman–Crippen MR) is 69.1 cm³/mol. The summed E-state index contributed by atoms with van der Waals surface area (Å²) in [7, 11) is 0.964. The van der Waals surface area contributed by atoms with Crippen LogP contribution >= 0.6 is 22.3 Å². The Hall–Kier alpha value is -0.890. The zero-order valence-electron chi connectivity index (χ0n) is 9.94. The first-order chi connectivity index (χ1) is 9.29. The molecule has 20 heavy (non-hydrogen) atoms. The van der Waals surface area contributed by atoms with Gasteiger partial charge in [0.15, 0.2) is 0 Å². The van der Waals surface area contributed by atoms with E-state index in [1.807, 2.05) is 0 Å². The monoisotopic (exact) mass is 342 g/mol. The summed E-state index contributed by atoms with van der Waals surface area (Å²) in [5.41, 5.74) is -0.541. The molecule has 0 aliphatic carbocycles. The van der Waals surface area contributed by atoms with Gasteiger partial charge in [-0.3, -0.25) is 0 Å². The Morgan fingerprint density at radius 2 is 2.15 bits per heavy atom. The van der Waals surface area contributed by atoms with E-state index < -0.39 is 42.4 Å². The van der Waals surface area contributed by atoms with Crippen LogP contribution in [-0.2, 0) is 18.5 Å². The second-order valence-corrected chi connectivity index (χ2v) is 7.03. The third-order valence-corrected chi connectivity index (χ3v) is 4.45. The van der Waals surface area contributed by atoms with Crippen LogP contribution in [0, 0.1) is 5.82 Å². The second-order valence-electron chi connectivity index (χ2n) is 4.09. The Bertz CT molecular complexity index is 640. The Kier molecular flexibility index (Phi) is 4.53. The van der Waals surface area contributed by atoms with Gasteiger partial charge < -0.3 is 9.47 Å². The van der Waals surface area contributed by atoms with Gasteiger partial charge in [-0.25, -0.2) is 17.6 Å². The van der Waals surface area contributed by atoms with Gasteiger partial charge in [0.05, 0.1) is 23.8 Å². The van der Waals surface area contributed by atoms with Gasteiger partial charge in [0, 0.05) is 17.1 Å². The molecule has 0 aromatic heterocycles. The minimum atomic E-state index is -4.19. The Morgan fingerprint density at radius 1 is 1.45 bits per heavy atom. The number of hydrogen-bond donors (Lipinski definition) is 0. The lowest BCUT2D eigenvalue weighted by Crippen LogP contribution is -2.19. The normalized spacial score (nSPS) is 19.1. The lowest BCUT2D eigenvalue weighted by molar-refractivity contribution is 0.0265. The minimum absolute atomic E-state index is 0.224. The molecule has 1 aromatic rings. The fraction of sp³-hybridized carbons (Fsp3) is 0.364. The quantitative estimate of drug-likeness (QED) is 0.622. The number of benzene rings is 1. The van der Waals surface area contributed by atoms with Crippen LogP contribution in [0.1, 0.15) is 16.8 Å². The maximum absolute atomic E-state index is 13.7. The van der Waals surface area contributed by atoms with E-state index in [-0.39, 0.29) is 6.61 Å². The van der Waals surface area contributed by atoms with Crippen LogP contribution in [0.2, 0.25) is 5.02 Å². The van der Waals surface area contributed by atoms with Gasteiger partial charge in [0.2, 0.25) is 0 Å². The smallest absolute Gasteiger partial charge is 0.341 e. The summed E-state index contributed by atoms with van der Waals surface area (Å²) in [6, 6.07) is 1.47. The zero-order valence-corrected chi connectivity index (χ0v) is 12.3. The molecule has 1 aliphatic heterocycles. The molecule has 1 atom stereocenters. The number of carbonyl (C=O) groups excluding carboxylic acids is 1. The van der Waals surface area contributed by atoms with Crippen molar-refractivity contribution in [2.45, 2.75) is 17.4 Å². The van der Waals surface area contributed by atoms with Gasteiger partial charge in [-0.2, -0.15) is 0 Å². The van der Waals surface area contributed by atoms with Crippen molar-refractivity contribution in [3.8, 4) is 0 Å². The Morgan fingerprint density at radius 3 is 2.70 bits per heavy atom. The van der Waals surface area contributed by atoms with Crippen molar-refractivity contribution in [2.75, 3.05) is 13.2 Å². The van der Waals surface area contributed by atoms with E-state index in [1.165, 1.54) is 0 Å². The summed E-state index contributed by atoms with van der Waals surface area (Å²) < 4.78 is 46.2. The molecule has 1 unspecified atom stereocenters. The lowest BCUT2D eigenvalue weighted by atomic mass is 10.2. The number of hydrogen-bond acceptors (Lipinski definition) is 5. The van der Waals surface area contributed by atoms with Crippen LogP contribution in [0.4, 0.5) is 4.39 Å². The molecule has 2 rings (SSSR count). The average Bonchev–Trinajstić information content (AvgIpc) is 2.79. The van der Waals surface area contributed by atoms with Crippen LogP contribution in [0.3, 0.4) is 0 Å². The largest absolute Gasteiger partial charge is 0.456 e. The molecule has 0 radical (unpaired) electrons. The van der Waals surface area contributed by atoms with Gasteiger partial charge in [0.25, 0.3) is 9.05 Å². The highest BCUT2D eigenvalue weighted by atomic mass is 35.7. The molecule has 1 aliphatic rings. The Balaban J connectivity index is 2.33. The highest BCUT2D eigenvalue weighted by molar-refractivity contribution is 8.13. The van der Waals surface area contributed by atoms with Crippen molar-refractivity contribution in [1.29, 1.82) is 0 Å². The summed E-state index contributed by atoms with van der Waals surface area (Å²) in [4.78, 5) is 11.3. The molecule has 1 fully saturated rings. The molecular formula is C11H9Cl2FO5S. The molecule has 5 nitrogen and oxygen atoms in total. The number of rotatable bonds is 3. The van der Waals surface area contributed by atoms with E-state index in [0.717, 1.165) is 6.07 Å². The molecule has 9 heteroatoms. The maximum atomic E-state index is 13.7. The average molecular weight is 343 g/mol. The van der Waals surface area contributed by atoms with Crippen LogP contribution in [0.25, 0.3) is 0 Å². The molecule has 1 aromatic carbocycles. The molecule has 0 amide bonds. The summed E-state index contributed by atoms with van der Waals surface area (Å²) in [6.07, 6.45) is 0.0235. The third kappa shape index (κ3) is 3.41. The first-order valence-electron chi connectivity index (χ1n) is 5.51. The maximum Gasteiger partial charge on any atom is 0.341 e. The van der Waals surface area contributed by atoms with Gasteiger partial charge >= 0.3 is 5.97 Å². The van der Waals surface area contributed by atoms with Crippen molar-refractivity contribution < 1.29 is 27.1 Å². The number of esters is 1. The molecule has 1 saturated heterocycles. The van der Waals surface area contributed by atoms with Crippen molar-refractivity contribution in [2.24, 2.45) is 0 Å².